The Morgan fingerprint density at radius 2 is 1.86 bits per heavy atom. The second-order valence-electron chi connectivity index (χ2n) is 7.38. The van der Waals surface area contributed by atoms with Crippen molar-refractivity contribution in [2.45, 2.75) is 25.2 Å². The second-order valence-corrected chi connectivity index (χ2v) is 7.38. The molecule has 1 fully saturated rings. The van der Waals surface area contributed by atoms with Gasteiger partial charge < -0.3 is 15.0 Å². The van der Waals surface area contributed by atoms with Crippen LogP contribution in [0.15, 0.2) is 42.5 Å². The van der Waals surface area contributed by atoms with Gasteiger partial charge in [-0.05, 0) is 42.3 Å². The summed E-state index contributed by atoms with van der Waals surface area (Å²) in [4.78, 5) is 16.4. The molecule has 8 heteroatoms. The highest BCUT2D eigenvalue weighted by molar-refractivity contribution is 5.90. The van der Waals surface area contributed by atoms with E-state index in [2.05, 4.69) is 16.3 Å². The monoisotopic (exact) mass is 405 g/mol. The van der Waals surface area contributed by atoms with Gasteiger partial charge in [-0.25, -0.2) is 4.79 Å². The number of halogens is 3. The van der Waals surface area contributed by atoms with Crippen molar-refractivity contribution in [3.8, 4) is 5.75 Å². The van der Waals surface area contributed by atoms with Crippen LogP contribution in [-0.4, -0.2) is 48.6 Å². The summed E-state index contributed by atoms with van der Waals surface area (Å²) < 4.78 is 43.4. The van der Waals surface area contributed by atoms with E-state index in [0.29, 0.717) is 18.8 Å². The lowest BCUT2D eigenvalue weighted by Crippen LogP contribution is -2.62. The first-order valence-corrected chi connectivity index (χ1v) is 9.47. The van der Waals surface area contributed by atoms with Gasteiger partial charge in [0.25, 0.3) is 0 Å². The number of carbonyl (C=O) groups is 1. The molecular weight excluding hydrogens is 383 g/mol. The number of likely N-dealkylation sites (tertiary alicyclic amines) is 1. The zero-order chi connectivity index (χ0) is 20.6. The molecule has 2 aliphatic heterocycles. The molecule has 0 aromatic heterocycles. The van der Waals surface area contributed by atoms with E-state index >= 15 is 0 Å². The SMILES string of the molecule is COc1cccc2c1CN(C1CN(C(=O)Nc3ccc(C(F)(F)F)cc3)C1)CC2. The lowest BCUT2D eigenvalue weighted by Gasteiger charge is -2.46. The van der Waals surface area contributed by atoms with Crippen LogP contribution in [0.3, 0.4) is 0 Å². The van der Waals surface area contributed by atoms with Crippen LogP contribution in [0.1, 0.15) is 16.7 Å². The number of ether oxygens (including phenoxy) is 1. The third-order valence-electron chi connectivity index (χ3n) is 5.61. The van der Waals surface area contributed by atoms with Crippen molar-refractivity contribution < 1.29 is 22.7 Å². The van der Waals surface area contributed by atoms with Gasteiger partial charge in [-0.2, -0.15) is 13.2 Å². The molecule has 29 heavy (non-hydrogen) atoms. The van der Waals surface area contributed by atoms with Gasteiger partial charge >= 0.3 is 12.2 Å². The molecular formula is C21H22F3N3O2. The van der Waals surface area contributed by atoms with E-state index in [1.54, 1.807) is 12.0 Å². The minimum Gasteiger partial charge on any atom is -0.496 e. The number of hydrogen-bond donors (Lipinski definition) is 1. The Kier molecular flexibility index (Phi) is 5.12. The Bertz CT molecular complexity index is 879. The van der Waals surface area contributed by atoms with Crippen molar-refractivity contribution in [2.24, 2.45) is 0 Å². The first-order valence-electron chi connectivity index (χ1n) is 9.47. The number of nitrogens with one attached hydrogen (secondary N) is 1. The summed E-state index contributed by atoms with van der Waals surface area (Å²) in [5, 5.41) is 2.66. The van der Waals surface area contributed by atoms with Crippen molar-refractivity contribution >= 4 is 11.7 Å². The number of carbonyl (C=O) groups excluding carboxylic acids is 1. The van der Waals surface area contributed by atoms with Crippen molar-refractivity contribution in [3.05, 3.63) is 59.2 Å². The van der Waals surface area contributed by atoms with Crippen molar-refractivity contribution in [1.82, 2.24) is 9.80 Å². The highest BCUT2D eigenvalue weighted by atomic mass is 19.4. The van der Waals surface area contributed by atoms with E-state index in [4.69, 9.17) is 4.74 Å². The fraction of sp³-hybridized carbons (Fsp3) is 0.381. The molecule has 0 saturated carbocycles. The third-order valence-corrected chi connectivity index (χ3v) is 5.61. The van der Waals surface area contributed by atoms with E-state index in [-0.39, 0.29) is 12.1 Å². The number of benzene rings is 2. The standard InChI is InChI=1S/C21H22F3N3O2/c1-29-19-4-2-3-14-9-10-26(13-18(14)19)17-11-27(12-17)20(28)25-16-7-5-15(6-8-16)21(22,23)24/h2-8,17H,9-13H2,1H3,(H,25,28). The average Bonchev–Trinajstić information content (AvgIpc) is 2.66. The number of rotatable bonds is 3. The minimum atomic E-state index is -4.39. The van der Waals surface area contributed by atoms with Gasteiger partial charge in [0.05, 0.1) is 12.7 Å². The predicted molar refractivity (Wildman–Crippen MR) is 103 cm³/mol. The molecule has 1 saturated heterocycles. The average molecular weight is 405 g/mol. The zero-order valence-electron chi connectivity index (χ0n) is 16.0. The van der Waals surface area contributed by atoms with Gasteiger partial charge in [0.2, 0.25) is 0 Å². The maximum absolute atomic E-state index is 12.6. The number of alkyl halides is 3. The van der Waals surface area contributed by atoms with Gasteiger partial charge in [0, 0.05) is 43.5 Å². The number of methoxy groups -OCH3 is 1. The highest BCUT2D eigenvalue weighted by Gasteiger charge is 2.36. The summed E-state index contributed by atoms with van der Waals surface area (Å²) in [5.41, 5.74) is 2.12. The van der Waals surface area contributed by atoms with Crippen molar-refractivity contribution in [1.29, 1.82) is 0 Å². The highest BCUT2D eigenvalue weighted by Crippen LogP contribution is 2.31. The third kappa shape index (κ3) is 4.03. The Morgan fingerprint density at radius 1 is 1.14 bits per heavy atom. The number of fused-ring (bicyclic) bond motifs is 1. The van der Waals surface area contributed by atoms with Crippen LogP contribution in [0.2, 0.25) is 0 Å². The van der Waals surface area contributed by atoms with Crippen LogP contribution in [0.5, 0.6) is 5.75 Å². The molecule has 1 N–H and O–H groups in total. The molecule has 2 amide bonds. The van der Waals surface area contributed by atoms with E-state index in [1.165, 1.54) is 23.3 Å². The van der Waals surface area contributed by atoms with Crippen LogP contribution < -0.4 is 10.1 Å². The Labute approximate surface area is 167 Å². The lowest BCUT2D eigenvalue weighted by atomic mass is 9.96. The first kappa shape index (κ1) is 19.6. The molecule has 0 atom stereocenters. The van der Waals surface area contributed by atoms with E-state index in [0.717, 1.165) is 37.4 Å². The van der Waals surface area contributed by atoms with Gasteiger partial charge in [-0.1, -0.05) is 12.1 Å². The number of nitrogens with zero attached hydrogens (tertiary/aromatic N) is 2. The minimum absolute atomic E-state index is 0.270. The molecule has 0 spiro atoms. The largest absolute Gasteiger partial charge is 0.496 e. The van der Waals surface area contributed by atoms with E-state index in [9.17, 15) is 18.0 Å². The Balaban J connectivity index is 1.31. The maximum Gasteiger partial charge on any atom is 0.416 e. The summed E-state index contributed by atoms with van der Waals surface area (Å²) in [6, 6.07) is 10.5. The summed E-state index contributed by atoms with van der Waals surface area (Å²) in [7, 11) is 1.67. The van der Waals surface area contributed by atoms with Crippen LogP contribution in [0, 0.1) is 0 Å². The van der Waals surface area contributed by atoms with Gasteiger partial charge in [0.1, 0.15) is 5.75 Å². The molecule has 5 nitrogen and oxygen atoms in total. The van der Waals surface area contributed by atoms with Crippen LogP contribution in [-0.2, 0) is 19.1 Å². The molecule has 0 unspecified atom stereocenters. The number of amides is 2. The Morgan fingerprint density at radius 3 is 2.52 bits per heavy atom. The van der Waals surface area contributed by atoms with Crippen molar-refractivity contribution in [3.63, 3.8) is 0 Å². The first-order chi connectivity index (χ1) is 13.8. The predicted octanol–water partition coefficient (Wildman–Crippen LogP) is 3.99. The molecule has 154 valence electrons. The van der Waals surface area contributed by atoms with Crippen molar-refractivity contribution in [2.75, 3.05) is 32.1 Å². The van der Waals surface area contributed by atoms with E-state index in [1.807, 2.05) is 12.1 Å². The lowest BCUT2D eigenvalue weighted by molar-refractivity contribution is -0.137. The molecule has 2 aromatic carbocycles. The number of anilines is 1. The molecule has 2 heterocycles. The smallest absolute Gasteiger partial charge is 0.416 e. The molecule has 0 radical (unpaired) electrons. The summed E-state index contributed by atoms with van der Waals surface area (Å²) in [6.07, 6.45) is -3.44. The molecule has 4 rings (SSSR count). The van der Waals surface area contributed by atoms with Gasteiger partial charge in [-0.15, -0.1) is 0 Å². The molecule has 0 bridgehead atoms. The Hall–Kier alpha value is -2.74. The van der Waals surface area contributed by atoms with Gasteiger partial charge in [0.15, 0.2) is 0 Å². The van der Waals surface area contributed by atoms with Crippen LogP contribution >= 0.6 is 0 Å². The van der Waals surface area contributed by atoms with E-state index < -0.39 is 11.7 Å². The number of urea groups is 1. The molecule has 2 aliphatic rings. The molecule has 2 aromatic rings. The summed E-state index contributed by atoms with van der Waals surface area (Å²) >= 11 is 0. The zero-order valence-corrected chi connectivity index (χ0v) is 16.0. The summed E-state index contributed by atoms with van der Waals surface area (Å²) in [5.74, 6) is 0.892. The fourth-order valence-electron chi connectivity index (χ4n) is 3.87. The topological polar surface area (TPSA) is 44.8 Å². The summed E-state index contributed by atoms with van der Waals surface area (Å²) in [6.45, 7) is 2.91. The quantitative estimate of drug-likeness (QED) is 0.840. The van der Waals surface area contributed by atoms with Crippen LogP contribution in [0.4, 0.5) is 23.7 Å². The fourth-order valence-corrected chi connectivity index (χ4v) is 3.87. The number of hydrogen-bond acceptors (Lipinski definition) is 3. The second kappa shape index (κ2) is 7.59. The van der Waals surface area contributed by atoms with Crippen LogP contribution in [0.25, 0.3) is 0 Å². The normalized spacial score (nSPS) is 17.4. The maximum atomic E-state index is 12.6. The van der Waals surface area contributed by atoms with Gasteiger partial charge in [-0.3, -0.25) is 4.90 Å². The molecule has 0 aliphatic carbocycles.